The third-order valence-electron chi connectivity index (χ3n) is 5.39. The minimum atomic E-state index is -2.62. The molecule has 0 fully saturated rings. The molecule has 10 heteroatoms. The van der Waals surface area contributed by atoms with Crippen LogP contribution in [0.25, 0.3) is 11.1 Å². The van der Waals surface area contributed by atoms with Crippen LogP contribution in [0.3, 0.4) is 0 Å². The van der Waals surface area contributed by atoms with Crippen molar-refractivity contribution in [1.29, 1.82) is 0 Å². The number of nitrogens with one attached hydrogen (secondary N) is 2. The van der Waals surface area contributed by atoms with Crippen LogP contribution >= 0.6 is 0 Å². The summed E-state index contributed by atoms with van der Waals surface area (Å²) in [4.78, 5) is 35.8. The van der Waals surface area contributed by atoms with E-state index in [1.807, 2.05) is 48.5 Å². The zero-order valence-electron chi connectivity index (χ0n) is 18.3. The highest BCUT2D eigenvalue weighted by atomic mass is 19.3. The first kappa shape index (κ1) is 25.1. The summed E-state index contributed by atoms with van der Waals surface area (Å²) in [5.74, 6) is -1.96. The number of carboxylic acid groups (broad SMARTS) is 1. The largest absolute Gasteiger partial charge is 0.481 e. The van der Waals surface area contributed by atoms with E-state index in [0.29, 0.717) is 0 Å². The second-order valence-corrected chi connectivity index (χ2v) is 7.71. The number of carboxylic acids is 1. The average molecular weight is 476 g/mol. The molecule has 2 amide bonds. The fraction of sp³-hybridized carbons (Fsp3) is 0.375. The summed E-state index contributed by atoms with van der Waals surface area (Å²) in [6.45, 7) is -0.931. The lowest BCUT2D eigenvalue weighted by Gasteiger charge is -2.19. The molecule has 3 rings (SSSR count). The van der Waals surface area contributed by atoms with Gasteiger partial charge in [-0.2, -0.15) is 0 Å². The van der Waals surface area contributed by atoms with Crippen LogP contribution in [-0.4, -0.2) is 61.9 Å². The van der Waals surface area contributed by atoms with Crippen molar-refractivity contribution in [1.82, 2.24) is 10.6 Å². The quantitative estimate of drug-likeness (QED) is 0.406. The molecule has 0 aliphatic heterocycles. The molecule has 0 saturated heterocycles. The Morgan fingerprint density at radius 3 is 2.21 bits per heavy atom. The van der Waals surface area contributed by atoms with Crippen molar-refractivity contribution in [2.75, 3.05) is 26.4 Å². The zero-order chi connectivity index (χ0) is 24.5. The van der Waals surface area contributed by atoms with Gasteiger partial charge in [-0.15, -0.1) is 0 Å². The van der Waals surface area contributed by atoms with E-state index < -0.39 is 37.0 Å². The molecule has 1 aliphatic carbocycles. The SMILES string of the molecule is O=C(O)CCC(NC(=O)OCC1c2ccccc2-c2ccccc21)C(=O)NCCOCC(F)F. The molecule has 0 bridgehead atoms. The molecular weight excluding hydrogens is 450 g/mol. The Hall–Kier alpha value is -3.53. The maximum Gasteiger partial charge on any atom is 0.407 e. The maximum atomic E-state index is 12.5. The van der Waals surface area contributed by atoms with Gasteiger partial charge in [0.05, 0.1) is 6.61 Å². The van der Waals surface area contributed by atoms with Crippen LogP contribution in [0.2, 0.25) is 0 Å². The summed E-state index contributed by atoms with van der Waals surface area (Å²) in [5, 5.41) is 13.8. The smallest absolute Gasteiger partial charge is 0.407 e. The highest BCUT2D eigenvalue weighted by Crippen LogP contribution is 2.44. The van der Waals surface area contributed by atoms with E-state index >= 15 is 0 Å². The van der Waals surface area contributed by atoms with Crippen molar-refractivity contribution in [3.05, 3.63) is 59.7 Å². The highest BCUT2D eigenvalue weighted by Gasteiger charge is 2.30. The fourth-order valence-electron chi connectivity index (χ4n) is 3.86. The number of rotatable bonds is 12. The molecule has 1 atom stereocenters. The van der Waals surface area contributed by atoms with E-state index in [2.05, 4.69) is 15.4 Å². The molecule has 2 aromatic carbocycles. The van der Waals surface area contributed by atoms with Gasteiger partial charge in [-0.25, -0.2) is 13.6 Å². The topological polar surface area (TPSA) is 114 Å². The molecule has 0 spiro atoms. The van der Waals surface area contributed by atoms with E-state index in [0.717, 1.165) is 22.3 Å². The number of alkyl carbamates (subject to hydrolysis) is 1. The minimum absolute atomic E-state index is 0.0363. The minimum Gasteiger partial charge on any atom is -0.481 e. The number of hydrogen-bond donors (Lipinski definition) is 3. The van der Waals surface area contributed by atoms with Crippen molar-refractivity contribution < 1.29 is 37.7 Å². The number of carbonyl (C=O) groups excluding carboxylic acids is 2. The third kappa shape index (κ3) is 6.74. The Labute approximate surface area is 195 Å². The number of ether oxygens (including phenoxy) is 2. The van der Waals surface area contributed by atoms with Crippen LogP contribution in [0.4, 0.5) is 13.6 Å². The van der Waals surface area contributed by atoms with Crippen LogP contribution in [-0.2, 0) is 19.1 Å². The van der Waals surface area contributed by atoms with Crippen LogP contribution < -0.4 is 10.6 Å². The lowest BCUT2D eigenvalue weighted by molar-refractivity contribution is -0.137. The molecule has 3 N–H and O–H groups in total. The monoisotopic (exact) mass is 476 g/mol. The van der Waals surface area contributed by atoms with E-state index in [9.17, 15) is 23.2 Å². The van der Waals surface area contributed by atoms with Crippen LogP contribution in [0.15, 0.2) is 48.5 Å². The highest BCUT2D eigenvalue weighted by molar-refractivity contribution is 5.86. The van der Waals surface area contributed by atoms with Gasteiger partial charge >= 0.3 is 12.1 Å². The Kier molecular flexibility index (Phi) is 8.92. The first-order chi connectivity index (χ1) is 16.4. The van der Waals surface area contributed by atoms with Gasteiger partial charge in [0.25, 0.3) is 6.43 Å². The van der Waals surface area contributed by atoms with Crippen molar-refractivity contribution >= 4 is 18.0 Å². The second kappa shape index (κ2) is 12.1. The summed E-state index contributed by atoms with van der Waals surface area (Å²) < 4.78 is 34.3. The van der Waals surface area contributed by atoms with Gasteiger partial charge in [0.2, 0.25) is 5.91 Å². The number of carbonyl (C=O) groups is 3. The summed E-state index contributed by atoms with van der Waals surface area (Å²) in [7, 11) is 0. The Balaban J connectivity index is 1.57. The third-order valence-corrected chi connectivity index (χ3v) is 5.39. The Morgan fingerprint density at radius 1 is 1.00 bits per heavy atom. The van der Waals surface area contributed by atoms with E-state index in [-0.39, 0.29) is 38.5 Å². The predicted molar refractivity (Wildman–Crippen MR) is 119 cm³/mol. The lowest BCUT2D eigenvalue weighted by atomic mass is 9.98. The van der Waals surface area contributed by atoms with Gasteiger partial charge in [-0.1, -0.05) is 48.5 Å². The molecule has 8 nitrogen and oxygen atoms in total. The van der Waals surface area contributed by atoms with E-state index in [1.165, 1.54) is 0 Å². The number of alkyl halides is 2. The number of hydrogen-bond acceptors (Lipinski definition) is 5. The first-order valence-electron chi connectivity index (χ1n) is 10.8. The zero-order valence-corrected chi connectivity index (χ0v) is 18.3. The normalized spacial score (nSPS) is 13.1. The molecule has 2 aromatic rings. The molecule has 34 heavy (non-hydrogen) atoms. The van der Waals surface area contributed by atoms with Crippen LogP contribution in [0, 0.1) is 0 Å². The average Bonchev–Trinajstić information content (AvgIpc) is 3.13. The predicted octanol–water partition coefficient (Wildman–Crippen LogP) is 3.16. The van der Waals surface area contributed by atoms with Crippen LogP contribution in [0.1, 0.15) is 29.9 Å². The lowest BCUT2D eigenvalue weighted by Crippen LogP contribution is -2.48. The number of amides is 2. The molecule has 1 aliphatic rings. The molecule has 0 saturated carbocycles. The van der Waals surface area contributed by atoms with Gasteiger partial charge in [-0.3, -0.25) is 9.59 Å². The van der Waals surface area contributed by atoms with Crippen molar-refractivity contribution in [2.45, 2.75) is 31.2 Å². The number of benzene rings is 2. The molecule has 0 radical (unpaired) electrons. The Morgan fingerprint density at radius 2 is 1.62 bits per heavy atom. The summed E-state index contributed by atoms with van der Waals surface area (Å²) in [6, 6.07) is 14.5. The van der Waals surface area contributed by atoms with E-state index in [1.54, 1.807) is 0 Å². The molecule has 1 unspecified atom stereocenters. The number of aliphatic carboxylic acids is 1. The summed E-state index contributed by atoms with van der Waals surface area (Å²) in [6.07, 6.45) is -4.00. The second-order valence-electron chi connectivity index (χ2n) is 7.71. The molecule has 182 valence electrons. The summed E-state index contributed by atoms with van der Waals surface area (Å²) >= 11 is 0. The summed E-state index contributed by atoms with van der Waals surface area (Å²) in [5.41, 5.74) is 4.20. The van der Waals surface area contributed by atoms with Crippen molar-refractivity contribution in [3.63, 3.8) is 0 Å². The standard InChI is InChI=1S/C24H26F2N2O6/c25-21(26)14-33-12-11-27-23(31)20(9-10-22(29)30)28-24(32)34-13-19-17-7-3-1-5-15(17)16-6-2-4-8-18(16)19/h1-8,19-21H,9-14H2,(H,27,31)(H,28,32)(H,29,30). The Bertz CT molecular complexity index is 971. The van der Waals surface area contributed by atoms with Gasteiger partial charge in [0.1, 0.15) is 19.3 Å². The number of halogens is 2. The van der Waals surface area contributed by atoms with Gasteiger partial charge in [0, 0.05) is 18.9 Å². The maximum absolute atomic E-state index is 12.5. The van der Waals surface area contributed by atoms with Crippen molar-refractivity contribution in [3.8, 4) is 11.1 Å². The number of fused-ring (bicyclic) bond motifs is 3. The first-order valence-corrected chi connectivity index (χ1v) is 10.8. The van der Waals surface area contributed by atoms with Gasteiger partial charge in [-0.05, 0) is 28.7 Å². The fourth-order valence-corrected chi connectivity index (χ4v) is 3.86. The van der Waals surface area contributed by atoms with Crippen LogP contribution in [0.5, 0.6) is 0 Å². The van der Waals surface area contributed by atoms with Gasteiger partial charge < -0.3 is 25.2 Å². The molecular formula is C24H26F2N2O6. The van der Waals surface area contributed by atoms with E-state index in [4.69, 9.17) is 9.84 Å². The molecule has 0 heterocycles. The van der Waals surface area contributed by atoms with Crippen molar-refractivity contribution in [2.24, 2.45) is 0 Å². The van der Waals surface area contributed by atoms with Gasteiger partial charge in [0.15, 0.2) is 0 Å². The molecule has 0 aromatic heterocycles.